The molecule has 0 saturated carbocycles. The second-order valence-electron chi connectivity index (χ2n) is 6.29. The number of benzene rings is 1. The van der Waals surface area contributed by atoms with Crippen LogP contribution in [-0.2, 0) is 20.9 Å². The van der Waals surface area contributed by atoms with Gasteiger partial charge in [0.15, 0.2) is 11.6 Å². The number of hydrogen-bond donors (Lipinski definition) is 2. The van der Waals surface area contributed by atoms with Crippen LogP contribution in [0.4, 0.5) is 11.5 Å². The van der Waals surface area contributed by atoms with E-state index < -0.39 is 11.9 Å². The summed E-state index contributed by atoms with van der Waals surface area (Å²) in [5.74, 6) is 0.129. The van der Waals surface area contributed by atoms with Crippen LogP contribution >= 0.6 is 11.6 Å². The van der Waals surface area contributed by atoms with Crippen LogP contribution in [0.15, 0.2) is 36.5 Å². The lowest BCUT2D eigenvalue weighted by Crippen LogP contribution is -2.12. The van der Waals surface area contributed by atoms with Gasteiger partial charge in [0, 0.05) is 36.8 Å². The molecule has 3 N–H and O–H groups in total. The minimum Gasteiger partial charge on any atom is -0.394 e. The summed E-state index contributed by atoms with van der Waals surface area (Å²) in [5, 5.41) is 8.35. The Morgan fingerprint density at radius 1 is 1.17 bits per heavy atom. The molecule has 9 nitrogen and oxygen atoms in total. The Morgan fingerprint density at radius 3 is 2.27 bits per heavy atom. The van der Waals surface area contributed by atoms with Gasteiger partial charge in [0.2, 0.25) is 0 Å². The van der Waals surface area contributed by atoms with Gasteiger partial charge in [0.25, 0.3) is 0 Å². The van der Waals surface area contributed by atoms with Gasteiger partial charge >= 0.3 is 11.9 Å². The summed E-state index contributed by atoms with van der Waals surface area (Å²) in [6, 6.07) is 9.37. The quantitative estimate of drug-likeness (QED) is 0.477. The number of carbonyl (C=O) groups excluding carboxylic acids is 2. The van der Waals surface area contributed by atoms with Gasteiger partial charge in [0.05, 0.1) is 17.6 Å². The van der Waals surface area contributed by atoms with Gasteiger partial charge in [-0.05, 0) is 44.2 Å². The first-order valence-corrected chi connectivity index (χ1v) is 9.38. The normalized spacial score (nSPS) is 10.1. The van der Waals surface area contributed by atoms with Crippen molar-refractivity contribution in [1.82, 2.24) is 19.7 Å². The third-order valence-electron chi connectivity index (χ3n) is 3.63. The molecular weight excluding hydrogens is 408 g/mol. The number of aromatic nitrogens is 4. The molecule has 0 aliphatic rings. The fourth-order valence-corrected chi connectivity index (χ4v) is 2.63. The molecule has 0 aliphatic heterocycles. The van der Waals surface area contributed by atoms with Crippen molar-refractivity contribution in [3.05, 3.63) is 58.6 Å². The van der Waals surface area contributed by atoms with E-state index in [1.807, 2.05) is 44.2 Å². The van der Waals surface area contributed by atoms with Crippen LogP contribution in [0.3, 0.4) is 0 Å². The van der Waals surface area contributed by atoms with Crippen LogP contribution < -0.4 is 11.1 Å². The maximum Gasteiger partial charge on any atom is 0.310 e. The Morgan fingerprint density at radius 2 is 1.80 bits per heavy atom. The first-order chi connectivity index (χ1) is 14.2. The van der Waals surface area contributed by atoms with E-state index in [-0.39, 0.29) is 0 Å². The molecule has 0 aliphatic carbocycles. The van der Waals surface area contributed by atoms with Gasteiger partial charge in [-0.2, -0.15) is 5.10 Å². The van der Waals surface area contributed by atoms with Crippen LogP contribution in [0.2, 0.25) is 5.02 Å². The first kappa shape index (κ1) is 23.0. The zero-order chi connectivity index (χ0) is 22.3. The molecule has 0 radical (unpaired) electrons. The maximum absolute atomic E-state index is 9.81. The lowest BCUT2D eigenvalue weighted by atomic mass is 10.3. The molecular formula is C20H23ClN6O3. The van der Waals surface area contributed by atoms with E-state index in [1.54, 1.807) is 10.9 Å². The zero-order valence-corrected chi connectivity index (χ0v) is 17.9. The van der Waals surface area contributed by atoms with Crippen LogP contribution in [0.5, 0.6) is 0 Å². The van der Waals surface area contributed by atoms with Crippen LogP contribution in [0.25, 0.3) is 5.82 Å². The van der Waals surface area contributed by atoms with Crippen LogP contribution in [0.1, 0.15) is 30.9 Å². The van der Waals surface area contributed by atoms with Crippen molar-refractivity contribution in [2.75, 3.05) is 5.32 Å². The van der Waals surface area contributed by atoms with Crippen molar-refractivity contribution in [3.63, 3.8) is 0 Å². The van der Waals surface area contributed by atoms with Gasteiger partial charge in [-0.25, -0.2) is 9.67 Å². The lowest BCUT2D eigenvalue weighted by molar-refractivity contribution is -0.156. The van der Waals surface area contributed by atoms with Crippen molar-refractivity contribution >= 4 is 35.0 Å². The van der Waals surface area contributed by atoms with E-state index >= 15 is 0 Å². The van der Waals surface area contributed by atoms with Crippen molar-refractivity contribution in [2.24, 2.45) is 5.73 Å². The number of nitrogens with one attached hydrogen (secondary N) is 1. The molecule has 0 atom stereocenters. The molecule has 1 aromatic carbocycles. The minimum absolute atomic E-state index is 0.294. The minimum atomic E-state index is -0.562. The Labute approximate surface area is 179 Å². The monoisotopic (exact) mass is 430 g/mol. The van der Waals surface area contributed by atoms with Crippen LogP contribution in [0, 0.1) is 13.8 Å². The third kappa shape index (κ3) is 6.64. The van der Waals surface area contributed by atoms with Gasteiger partial charge < -0.3 is 15.8 Å². The topological polar surface area (TPSA) is 125 Å². The predicted molar refractivity (Wildman–Crippen MR) is 114 cm³/mol. The molecule has 0 amide bonds. The maximum atomic E-state index is 9.81. The van der Waals surface area contributed by atoms with Gasteiger partial charge in [-0.15, -0.1) is 0 Å². The molecule has 2 heterocycles. The van der Waals surface area contributed by atoms with Crippen molar-refractivity contribution in [1.29, 1.82) is 0 Å². The number of nitrogens with two attached hydrogens (primary N) is 1. The largest absolute Gasteiger partial charge is 0.394 e. The second-order valence-corrected chi connectivity index (χ2v) is 6.72. The van der Waals surface area contributed by atoms with Gasteiger partial charge in [-0.1, -0.05) is 11.6 Å². The Hall–Kier alpha value is -3.30. The zero-order valence-electron chi connectivity index (χ0n) is 17.1. The number of esters is 2. The van der Waals surface area contributed by atoms with E-state index in [9.17, 15) is 9.59 Å². The highest BCUT2D eigenvalue weighted by Crippen LogP contribution is 2.20. The van der Waals surface area contributed by atoms with E-state index in [2.05, 4.69) is 25.1 Å². The van der Waals surface area contributed by atoms with Crippen molar-refractivity contribution < 1.29 is 14.3 Å². The Kier molecular flexibility index (Phi) is 8.02. The SMILES string of the molecule is CC(=O)OC(C)=O.Cc1cc(C)n(-c2nc(Nc3ccc(Cl)cc3)cnc2CN)n1. The van der Waals surface area contributed by atoms with E-state index in [0.717, 1.165) is 17.1 Å². The molecule has 10 heteroatoms. The number of hydrogen-bond acceptors (Lipinski definition) is 8. The smallest absolute Gasteiger partial charge is 0.310 e. The highest BCUT2D eigenvalue weighted by molar-refractivity contribution is 6.30. The van der Waals surface area contributed by atoms with Gasteiger partial charge in [-0.3, -0.25) is 14.6 Å². The summed E-state index contributed by atoms with van der Waals surface area (Å²) >= 11 is 5.90. The molecule has 30 heavy (non-hydrogen) atoms. The number of rotatable bonds is 4. The van der Waals surface area contributed by atoms with Crippen molar-refractivity contribution in [3.8, 4) is 5.82 Å². The summed E-state index contributed by atoms with van der Waals surface area (Å²) in [7, 11) is 0. The Bertz CT molecular complexity index is 1020. The predicted octanol–water partition coefficient (Wildman–Crippen LogP) is 3.23. The standard InChI is InChI=1S/C16H17ClN6.C4H6O3/c1-10-7-11(2)23(22-10)16-14(8-18)19-9-15(21-16)20-13-5-3-12(17)4-6-13;1-3(5)7-4(2)6/h3-7,9H,8,18H2,1-2H3,(H,20,21);1-2H3. The summed E-state index contributed by atoms with van der Waals surface area (Å²) in [6.07, 6.45) is 1.66. The number of anilines is 2. The van der Waals surface area contributed by atoms with Crippen molar-refractivity contribution in [2.45, 2.75) is 34.2 Å². The second kappa shape index (κ2) is 10.5. The average molecular weight is 431 g/mol. The first-order valence-electron chi connectivity index (χ1n) is 9.00. The van der Waals surface area contributed by atoms with Crippen LogP contribution in [-0.4, -0.2) is 31.7 Å². The summed E-state index contributed by atoms with van der Waals surface area (Å²) in [4.78, 5) is 28.6. The Balaban J connectivity index is 0.000000396. The third-order valence-corrected chi connectivity index (χ3v) is 3.89. The molecule has 0 unspecified atom stereocenters. The molecule has 2 aromatic heterocycles. The van der Waals surface area contributed by atoms with Gasteiger partial charge in [0.1, 0.15) is 0 Å². The summed E-state index contributed by atoms with van der Waals surface area (Å²) in [6.45, 7) is 6.57. The molecule has 0 fully saturated rings. The molecule has 3 aromatic rings. The lowest BCUT2D eigenvalue weighted by Gasteiger charge is -2.11. The fraction of sp³-hybridized carbons (Fsp3) is 0.250. The summed E-state index contributed by atoms with van der Waals surface area (Å²) in [5.41, 5.74) is 9.26. The molecule has 158 valence electrons. The number of nitrogens with zero attached hydrogens (tertiary/aromatic N) is 4. The number of carbonyl (C=O) groups is 2. The highest BCUT2D eigenvalue weighted by atomic mass is 35.5. The number of aryl methyl sites for hydroxylation is 2. The summed E-state index contributed by atoms with van der Waals surface area (Å²) < 4.78 is 5.73. The number of halogens is 1. The number of ether oxygens (including phenoxy) is 1. The fourth-order valence-electron chi connectivity index (χ4n) is 2.50. The molecule has 0 spiro atoms. The highest BCUT2D eigenvalue weighted by Gasteiger charge is 2.12. The average Bonchev–Trinajstić information content (AvgIpc) is 3.01. The molecule has 3 rings (SSSR count). The molecule has 0 saturated heterocycles. The van der Waals surface area contributed by atoms with E-state index in [0.29, 0.717) is 28.9 Å². The molecule has 0 bridgehead atoms. The van der Waals surface area contributed by atoms with E-state index in [4.69, 9.17) is 17.3 Å². The van der Waals surface area contributed by atoms with E-state index in [1.165, 1.54) is 13.8 Å².